The van der Waals surface area contributed by atoms with Gasteiger partial charge in [-0.05, 0) is 36.4 Å². The van der Waals surface area contributed by atoms with Gasteiger partial charge in [0.15, 0.2) is 0 Å². The molecule has 0 aliphatic heterocycles. The highest BCUT2D eigenvalue weighted by molar-refractivity contribution is 5.92. The molecular weight excluding hydrogens is 248 g/mol. The van der Waals surface area contributed by atoms with Crippen molar-refractivity contribution < 1.29 is 24.5 Å². The van der Waals surface area contributed by atoms with Crippen molar-refractivity contribution in [1.29, 1.82) is 0 Å². The number of rotatable bonds is 3. The number of carbonyl (C=O) groups excluding carboxylic acids is 1. The molecule has 0 bridgehead atoms. The van der Waals surface area contributed by atoms with Crippen molar-refractivity contribution in [3.05, 3.63) is 59.7 Å². The zero-order chi connectivity index (χ0) is 13.8. The average molecular weight is 258 g/mol. The van der Waals surface area contributed by atoms with E-state index in [-0.39, 0.29) is 22.6 Å². The van der Waals surface area contributed by atoms with Gasteiger partial charge in [-0.1, -0.05) is 12.1 Å². The molecule has 2 rings (SSSR count). The summed E-state index contributed by atoms with van der Waals surface area (Å²) >= 11 is 0. The first-order valence-corrected chi connectivity index (χ1v) is 5.41. The quantitative estimate of drug-likeness (QED) is 0.652. The van der Waals surface area contributed by atoms with Crippen LogP contribution in [0.1, 0.15) is 20.7 Å². The Morgan fingerprint density at radius 3 is 2.32 bits per heavy atom. The van der Waals surface area contributed by atoms with E-state index >= 15 is 0 Å². The van der Waals surface area contributed by atoms with Gasteiger partial charge in [-0.25, -0.2) is 9.59 Å². The van der Waals surface area contributed by atoms with Crippen molar-refractivity contribution in [2.75, 3.05) is 0 Å². The van der Waals surface area contributed by atoms with E-state index in [1.807, 2.05) is 0 Å². The fourth-order valence-electron chi connectivity index (χ4n) is 1.49. The largest absolute Gasteiger partial charge is 0.508 e. The van der Waals surface area contributed by atoms with Crippen LogP contribution in [0.25, 0.3) is 0 Å². The standard InChI is InChI=1S/C14H10O5/c15-11-5-1-4-10(7-11)14(18)19-12-6-2-3-9(8-12)13(16)17/h1-8,15H,(H,16,17). The third kappa shape index (κ3) is 3.10. The molecule has 0 aliphatic rings. The Hall–Kier alpha value is -2.82. The summed E-state index contributed by atoms with van der Waals surface area (Å²) in [6, 6.07) is 11.3. The molecule has 96 valence electrons. The van der Waals surface area contributed by atoms with E-state index in [9.17, 15) is 14.7 Å². The number of carboxylic acids is 1. The minimum absolute atomic E-state index is 0.0289. The van der Waals surface area contributed by atoms with Gasteiger partial charge in [0.2, 0.25) is 0 Å². The number of hydrogen-bond donors (Lipinski definition) is 2. The molecule has 5 heteroatoms. The molecule has 0 heterocycles. The van der Waals surface area contributed by atoms with Crippen LogP contribution in [-0.2, 0) is 0 Å². The van der Waals surface area contributed by atoms with Crippen molar-refractivity contribution in [2.24, 2.45) is 0 Å². The lowest BCUT2D eigenvalue weighted by Gasteiger charge is -2.05. The van der Waals surface area contributed by atoms with E-state index < -0.39 is 11.9 Å². The maximum Gasteiger partial charge on any atom is 0.343 e. The fraction of sp³-hybridized carbons (Fsp3) is 0. The molecule has 2 aromatic rings. The summed E-state index contributed by atoms with van der Waals surface area (Å²) < 4.78 is 5.03. The first kappa shape index (κ1) is 12.6. The van der Waals surface area contributed by atoms with Crippen molar-refractivity contribution in [3.8, 4) is 11.5 Å². The summed E-state index contributed by atoms with van der Waals surface area (Å²) in [5, 5.41) is 18.1. The molecule has 0 aromatic heterocycles. The topological polar surface area (TPSA) is 83.8 Å². The summed E-state index contributed by atoms with van der Waals surface area (Å²) in [7, 11) is 0. The van der Waals surface area contributed by atoms with Crippen LogP contribution < -0.4 is 4.74 Å². The van der Waals surface area contributed by atoms with Crippen molar-refractivity contribution in [3.63, 3.8) is 0 Å². The number of aromatic hydroxyl groups is 1. The summed E-state index contributed by atoms with van der Waals surface area (Å²) in [5.41, 5.74) is 0.210. The summed E-state index contributed by atoms with van der Waals surface area (Å²) in [6.07, 6.45) is 0. The van der Waals surface area contributed by atoms with Crippen LogP contribution in [0.4, 0.5) is 0 Å². The molecule has 5 nitrogen and oxygen atoms in total. The molecule has 0 saturated carbocycles. The molecule has 0 spiro atoms. The molecule has 0 amide bonds. The average Bonchev–Trinajstić information content (AvgIpc) is 2.39. The van der Waals surface area contributed by atoms with E-state index in [0.717, 1.165) is 0 Å². The Labute approximate surface area is 108 Å². The third-order valence-electron chi connectivity index (χ3n) is 2.37. The second-order valence-corrected chi connectivity index (χ2v) is 3.77. The first-order valence-electron chi connectivity index (χ1n) is 5.41. The normalized spacial score (nSPS) is 9.89. The van der Waals surface area contributed by atoms with Gasteiger partial charge in [0.25, 0.3) is 0 Å². The molecular formula is C14H10O5. The van der Waals surface area contributed by atoms with Gasteiger partial charge in [-0.2, -0.15) is 0 Å². The van der Waals surface area contributed by atoms with Crippen LogP contribution in [0.3, 0.4) is 0 Å². The Balaban J connectivity index is 2.19. The van der Waals surface area contributed by atoms with Crippen molar-refractivity contribution in [2.45, 2.75) is 0 Å². The fourth-order valence-corrected chi connectivity index (χ4v) is 1.49. The highest BCUT2D eigenvalue weighted by Crippen LogP contribution is 2.17. The van der Waals surface area contributed by atoms with E-state index in [2.05, 4.69) is 0 Å². The lowest BCUT2D eigenvalue weighted by Crippen LogP contribution is -2.08. The second-order valence-electron chi connectivity index (χ2n) is 3.77. The van der Waals surface area contributed by atoms with Crippen LogP contribution in [0.5, 0.6) is 11.5 Å². The zero-order valence-electron chi connectivity index (χ0n) is 9.74. The highest BCUT2D eigenvalue weighted by Gasteiger charge is 2.10. The number of benzene rings is 2. The first-order chi connectivity index (χ1) is 9.06. The molecule has 0 radical (unpaired) electrons. The van der Waals surface area contributed by atoms with Gasteiger partial charge in [0.1, 0.15) is 11.5 Å². The molecule has 0 saturated heterocycles. The third-order valence-corrected chi connectivity index (χ3v) is 2.37. The Morgan fingerprint density at radius 2 is 1.63 bits per heavy atom. The van der Waals surface area contributed by atoms with E-state index in [1.54, 1.807) is 0 Å². The van der Waals surface area contributed by atoms with E-state index in [1.165, 1.54) is 48.5 Å². The maximum atomic E-state index is 11.8. The lowest BCUT2D eigenvalue weighted by atomic mass is 10.2. The van der Waals surface area contributed by atoms with Gasteiger partial charge >= 0.3 is 11.9 Å². The minimum atomic E-state index is -1.10. The van der Waals surface area contributed by atoms with Crippen molar-refractivity contribution in [1.82, 2.24) is 0 Å². The molecule has 19 heavy (non-hydrogen) atoms. The van der Waals surface area contributed by atoms with Gasteiger partial charge in [-0.3, -0.25) is 0 Å². The number of phenolic OH excluding ortho intramolecular Hbond substituents is 1. The lowest BCUT2D eigenvalue weighted by molar-refractivity contribution is 0.0687. The molecule has 0 atom stereocenters. The second kappa shape index (κ2) is 5.22. The van der Waals surface area contributed by atoms with Crippen LogP contribution in [0.2, 0.25) is 0 Å². The maximum absolute atomic E-state index is 11.8. The number of carboxylic acid groups (broad SMARTS) is 1. The minimum Gasteiger partial charge on any atom is -0.508 e. The van der Waals surface area contributed by atoms with Gasteiger partial charge in [0, 0.05) is 0 Å². The Kier molecular flexibility index (Phi) is 3.47. The van der Waals surface area contributed by atoms with E-state index in [4.69, 9.17) is 9.84 Å². The molecule has 0 aliphatic carbocycles. The van der Waals surface area contributed by atoms with Crippen LogP contribution >= 0.6 is 0 Å². The Morgan fingerprint density at radius 1 is 0.947 bits per heavy atom. The monoisotopic (exact) mass is 258 g/mol. The van der Waals surface area contributed by atoms with Crippen molar-refractivity contribution >= 4 is 11.9 Å². The highest BCUT2D eigenvalue weighted by atomic mass is 16.5. The SMILES string of the molecule is O=C(O)c1cccc(OC(=O)c2cccc(O)c2)c1. The van der Waals surface area contributed by atoms with Gasteiger partial charge in [0.05, 0.1) is 11.1 Å². The summed E-state index contributed by atoms with van der Waals surface area (Å²) in [4.78, 5) is 22.5. The predicted molar refractivity (Wildman–Crippen MR) is 66.5 cm³/mol. The van der Waals surface area contributed by atoms with Gasteiger partial charge in [-0.15, -0.1) is 0 Å². The van der Waals surface area contributed by atoms with Crippen LogP contribution in [0, 0.1) is 0 Å². The smallest absolute Gasteiger partial charge is 0.343 e. The van der Waals surface area contributed by atoms with Crippen LogP contribution in [-0.4, -0.2) is 22.2 Å². The van der Waals surface area contributed by atoms with Gasteiger partial charge < -0.3 is 14.9 Å². The molecule has 0 fully saturated rings. The molecule has 0 unspecified atom stereocenters. The summed E-state index contributed by atoms with van der Waals surface area (Å²) in [5.74, 6) is -1.68. The van der Waals surface area contributed by atoms with Crippen LogP contribution in [0.15, 0.2) is 48.5 Å². The number of phenols is 1. The number of carbonyl (C=O) groups is 2. The number of ether oxygens (including phenoxy) is 1. The van der Waals surface area contributed by atoms with E-state index in [0.29, 0.717) is 0 Å². The zero-order valence-corrected chi connectivity index (χ0v) is 9.74. The Bertz CT molecular complexity index is 633. The number of esters is 1. The number of aromatic carboxylic acids is 1. The predicted octanol–water partition coefficient (Wildman–Crippen LogP) is 2.31. The molecule has 2 N–H and O–H groups in total. The summed E-state index contributed by atoms with van der Waals surface area (Å²) in [6.45, 7) is 0. The molecule has 2 aromatic carbocycles. The number of hydrogen-bond acceptors (Lipinski definition) is 4.